The van der Waals surface area contributed by atoms with Crippen LogP contribution >= 0.6 is 11.6 Å². The molecular formula is C16H24ClN3O3S. The van der Waals surface area contributed by atoms with E-state index < -0.39 is 10.0 Å². The number of aryl methyl sites for hydroxylation is 2. The molecule has 6 nitrogen and oxygen atoms in total. The highest BCUT2D eigenvalue weighted by atomic mass is 35.5. The molecule has 2 rings (SSSR count). The van der Waals surface area contributed by atoms with E-state index in [1.807, 2.05) is 26.0 Å². The molecule has 134 valence electrons. The largest absolute Gasteiger partial charge is 0.325 e. The Labute approximate surface area is 148 Å². The van der Waals surface area contributed by atoms with E-state index in [0.717, 1.165) is 11.1 Å². The van der Waals surface area contributed by atoms with Crippen LogP contribution in [0.2, 0.25) is 5.02 Å². The number of piperazine rings is 1. The molecule has 0 bridgehead atoms. The maximum absolute atomic E-state index is 12.2. The second-order valence-corrected chi connectivity index (χ2v) is 8.63. The number of hydrogen-bond donors (Lipinski definition) is 1. The van der Waals surface area contributed by atoms with Crippen molar-refractivity contribution in [3.05, 3.63) is 28.3 Å². The zero-order valence-corrected chi connectivity index (χ0v) is 15.9. The van der Waals surface area contributed by atoms with Gasteiger partial charge in [0.05, 0.1) is 17.0 Å². The van der Waals surface area contributed by atoms with Crippen LogP contribution in [0.3, 0.4) is 0 Å². The number of amides is 1. The second kappa shape index (κ2) is 7.82. The Morgan fingerprint density at radius 1 is 1.21 bits per heavy atom. The summed E-state index contributed by atoms with van der Waals surface area (Å²) in [6.45, 7) is 6.72. The highest BCUT2D eigenvalue weighted by Gasteiger charge is 2.23. The number of hydrogen-bond acceptors (Lipinski definition) is 4. The summed E-state index contributed by atoms with van der Waals surface area (Å²) in [7, 11) is -3.12. The lowest BCUT2D eigenvalue weighted by Crippen LogP contribution is -2.48. The van der Waals surface area contributed by atoms with Gasteiger partial charge in [0.15, 0.2) is 0 Å². The average Bonchev–Trinajstić information content (AvgIpc) is 2.48. The third-order valence-electron chi connectivity index (χ3n) is 4.15. The molecular weight excluding hydrogens is 350 g/mol. The Kier molecular flexibility index (Phi) is 6.25. The Morgan fingerprint density at radius 2 is 1.83 bits per heavy atom. The van der Waals surface area contributed by atoms with Gasteiger partial charge in [-0.15, -0.1) is 0 Å². The van der Waals surface area contributed by atoms with Crippen molar-refractivity contribution < 1.29 is 13.2 Å². The molecule has 0 radical (unpaired) electrons. The molecule has 0 spiro atoms. The van der Waals surface area contributed by atoms with Crippen LogP contribution in [0.4, 0.5) is 5.69 Å². The van der Waals surface area contributed by atoms with E-state index in [4.69, 9.17) is 11.6 Å². The number of halogens is 1. The molecule has 1 heterocycles. The minimum absolute atomic E-state index is 0.0885. The van der Waals surface area contributed by atoms with Crippen molar-refractivity contribution in [2.24, 2.45) is 0 Å². The van der Waals surface area contributed by atoms with E-state index in [2.05, 4.69) is 10.2 Å². The molecule has 1 amide bonds. The Hall–Kier alpha value is -1.15. The minimum Gasteiger partial charge on any atom is -0.325 e. The highest BCUT2D eigenvalue weighted by molar-refractivity contribution is 7.88. The number of anilines is 1. The summed E-state index contributed by atoms with van der Waals surface area (Å²) in [6, 6.07) is 3.81. The topological polar surface area (TPSA) is 69.7 Å². The Bertz CT molecular complexity index is 690. The fourth-order valence-corrected chi connectivity index (χ4v) is 4.02. The van der Waals surface area contributed by atoms with E-state index in [0.29, 0.717) is 49.9 Å². The molecule has 1 fully saturated rings. The number of nitrogens with one attached hydrogen (secondary N) is 1. The van der Waals surface area contributed by atoms with Gasteiger partial charge in [0.1, 0.15) is 0 Å². The maximum atomic E-state index is 12.2. The van der Waals surface area contributed by atoms with Gasteiger partial charge in [-0.3, -0.25) is 4.79 Å². The summed E-state index contributed by atoms with van der Waals surface area (Å²) >= 11 is 6.20. The van der Waals surface area contributed by atoms with Crippen molar-refractivity contribution in [3.8, 4) is 0 Å². The van der Waals surface area contributed by atoms with Crippen LogP contribution in [0.5, 0.6) is 0 Å². The predicted molar refractivity (Wildman–Crippen MR) is 97.0 cm³/mol. The van der Waals surface area contributed by atoms with Crippen molar-refractivity contribution in [1.29, 1.82) is 0 Å². The van der Waals surface area contributed by atoms with Crippen LogP contribution in [-0.4, -0.2) is 62.5 Å². The zero-order chi connectivity index (χ0) is 17.9. The van der Waals surface area contributed by atoms with Gasteiger partial charge >= 0.3 is 0 Å². The van der Waals surface area contributed by atoms with Crippen molar-refractivity contribution in [2.75, 3.05) is 44.3 Å². The number of carbonyl (C=O) groups excluding carboxylic acids is 1. The SMILES string of the molecule is Cc1cc(C)c(NC(=O)CCN2CCN(S(C)(=O)=O)CC2)c(Cl)c1. The first kappa shape index (κ1) is 19.2. The van der Waals surface area contributed by atoms with E-state index in [1.165, 1.54) is 10.6 Å². The first-order valence-electron chi connectivity index (χ1n) is 7.91. The Morgan fingerprint density at radius 3 is 2.38 bits per heavy atom. The van der Waals surface area contributed by atoms with Gasteiger partial charge in [-0.1, -0.05) is 17.7 Å². The molecule has 1 N–H and O–H groups in total. The molecule has 1 aromatic rings. The average molecular weight is 374 g/mol. The fourth-order valence-electron chi connectivity index (χ4n) is 2.82. The van der Waals surface area contributed by atoms with Crippen LogP contribution in [0, 0.1) is 13.8 Å². The monoisotopic (exact) mass is 373 g/mol. The number of nitrogens with zero attached hydrogens (tertiary/aromatic N) is 2. The van der Waals surface area contributed by atoms with Gasteiger partial charge in [0, 0.05) is 39.1 Å². The standard InChI is InChI=1S/C16H24ClN3O3S/c1-12-10-13(2)16(14(17)11-12)18-15(21)4-5-19-6-8-20(9-7-19)24(3,22)23/h10-11H,4-9H2,1-3H3,(H,18,21). The van der Waals surface area contributed by atoms with E-state index in [9.17, 15) is 13.2 Å². The van der Waals surface area contributed by atoms with Gasteiger partial charge in [0.25, 0.3) is 0 Å². The smallest absolute Gasteiger partial charge is 0.225 e. The van der Waals surface area contributed by atoms with Crippen LogP contribution in [-0.2, 0) is 14.8 Å². The van der Waals surface area contributed by atoms with Gasteiger partial charge in [-0.2, -0.15) is 4.31 Å². The lowest BCUT2D eigenvalue weighted by Gasteiger charge is -2.33. The lowest BCUT2D eigenvalue weighted by molar-refractivity contribution is -0.116. The number of benzene rings is 1. The third kappa shape index (κ3) is 5.17. The molecule has 1 aliphatic rings. The molecule has 8 heteroatoms. The van der Waals surface area contributed by atoms with Crippen LogP contribution < -0.4 is 5.32 Å². The van der Waals surface area contributed by atoms with E-state index in [1.54, 1.807) is 0 Å². The molecule has 1 aromatic carbocycles. The minimum atomic E-state index is -3.12. The number of carbonyl (C=O) groups is 1. The molecule has 0 unspecified atom stereocenters. The summed E-state index contributed by atoms with van der Waals surface area (Å²) in [5.41, 5.74) is 2.66. The number of sulfonamides is 1. The van der Waals surface area contributed by atoms with E-state index in [-0.39, 0.29) is 5.91 Å². The normalized spacial score (nSPS) is 17.0. The molecule has 0 saturated carbocycles. The summed E-state index contributed by atoms with van der Waals surface area (Å²) in [4.78, 5) is 14.3. The molecule has 1 saturated heterocycles. The molecule has 0 aromatic heterocycles. The van der Waals surface area contributed by atoms with Crippen LogP contribution in [0.1, 0.15) is 17.5 Å². The van der Waals surface area contributed by atoms with Crippen molar-refractivity contribution in [2.45, 2.75) is 20.3 Å². The molecule has 0 atom stereocenters. The quantitative estimate of drug-likeness (QED) is 0.855. The maximum Gasteiger partial charge on any atom is 0.225 e. The molecule has 1 aliphatic heterocycles. The number of rotatable bonds is 5. The summed E-state index contributed by atoms with van der Waals surface area (Å²) in [5, 5.41) is 3.42. The first-order valence-corrected chi connectivity index (χ1v) is 10.1. The summed E-state index contributed by atoms with van der Waals surface area (Å²) in [5.74, 6) is -0.0885. The van der Waals surface area contributed by atoms with Gasteiger partial charge in [-0.25, -0.2) is 8.42 Å². The lowest BCUT2D eigenvalue weighted by atomic mass is 10.1. The van der Waals surface area contributed by atoms with Gasteiger partial charge in [0.2, 0.25) is 15.9 Å². The van der Waals surface area contributed by atoms with Gasteiger partial charge < -0.3 is 10.2 Å². The molecule has 0 aliphatic carbocycles. The third-order valence-corrected chi connectivity index (χ3v) is 5.75. The highest BCUT2D eigenvalue weighted by Crippen LogP contribution is 2.27. The van der Waals surface area contributed by atoms with E-state index >= 15 is 0 Å². The Balaban J connectivity index is 1.83. The van der Waals surface area contributed by atoms with Crippen molar-refractivity contribution >= 4 is 33.2 Å². The zero-order valence-electron chi connectivity index (χ0n) is 14.3. The predicted octanol–water partition coefficient (Wildman–Crippen LogP) is 1.86. The van der Waals surface area contributed by atoms with Crippen LogP contribution in [0.25, 0.3) is 0 Å². The van der Waals surface area contributed by atoms with Crippen molar-refractivity contribution in [3.63, 3.8) is 0 Å². The van der Waals surface area contributed by atoms with Crippen molar-refractivity contribution in [1.82, 2.24) is 9.21 Å². The second-order valence-electron chi connectivity index (χ2n) is 6.24. The summed E-state index contributed by atoms with van der Waals surface area (Å²) in [6.07, 6.45) is 1.58. The summed E-state index contributed by atoms with van der Waals surface area (Å²) < 4.78 is 24.4. The first-order chi connectivity index (χ1) is 11.2. The van der Waals surface area contributed by atoms with Gasteiger partial charge in [-0.05, 0) is 31.0 Å². The van der Waals surface area contributed by atoms with Crippen LogP contribution in [0.15, 0.2) is 12.1 Å². The fraction of sp³-hybridized carbons (Fsp3) is 0.562. The molecule has 24 heavy (non-hydrogen) atoms.